The van der Waals surface area contributed by atoms with E-state index in [1.807, 2.05) is 0 Å². The maximum atomic E-state index is 10.9. The van der Waals surface area contributed by atoms with E-state index in [0.29, 0.717) is 0 Å². The topological polar surface area (TPSA) is 69.4 Å². The first-order valence-corrected chi connectivity index (χ1v) is 4.57. The summed E-state index contributed by atoms with van der Waals surface area (Å²) in [4.78, 5) is 20.8. The number of nitro groups is 1. The maximum absolute atomic E-state index is 10.9. The molecule has 0 radical (unpaired) electrons. The molecule has 0 saturated carbocycles. The number of hydrogen-bond acceptors (Lipinski definition) is 4. The molecule has 0 heterocycles. The number of nitrogens with zero attached hydrogens (tertiary/aromatic N) is 1. The number of carbonyl (C=O) groups is 1. The van der Waals surface area contributed by atoms with Gasteiger partial charge < -0.3 is 4.74 Å². The molecule has 15 heavy (non-hydrogen) atoms. The van der Waals surface area contributed by atoms with Crippen LogP contribution in [0.5, 0.6) is 5.75 Å². The van der Waals surface area contributed by atoms with Gasteiger partial charge in [0, 0.05) is 6.42 Å². The van der Waals surface area contributed by atoms with Crippen molar-refractivity contribution in [3.8, 4) is 5.75 Å². The molecule has 1 aromatic carbocycles. The Hall–Kier alpha value is -1.62. The van der Waals surface area contributed by atoms with Crippen molar-refractivity contribution in [3.63, 3.8) is 0 Å². The van der Waals surface area contributed by atoms with Gasteiger partial charge in [-0.25, -0.2) is 0 Å². The van der Waals surface area contributed by atoms with E-state index < -0.39 is 10.9 Å². The molecule has 0 fully saturated rings. The van der Waals surface area contributed by atoms with E-state index in [0.717, 1.165) is 6.07 Å². The Balaban J connectivity index is 2.97. The van der Waals surface area contributed by atoms with E-state index in [-0.39, 0.29) is 22.9 Å². The summed E-state index contributed by atoms with van der Waals surface area (Å²) < 4.78 is 4.81. The van der Waals surface area contributed by atoms with E-state index in [9.17, 15) is 14.9 Å². The zero-order valence-electron chi connectivity index (χ0n) is 7.90. The Bertz CT molecular complexity index is 405. The monoisotopic (exact) mass is 229 g/mol. The van der Waals surface area contributed by atoms with Gasteiger partial charge in [-0.3, -0.25) is 14.9 Å². The van der Waals surface area contributed by atoms with Gasteiger partial charge in [0.2, 0.25) is 0 Å². The second-order valence-electron chi connectivity index (χ2n) is 2.70. The van der Waals surface area contributed by atoms with Crippen molar-refractivity contribution < 1.29 is 14.5 Å². The summed E-state index contributed by atoms with van der Waals surface area (Å²) in [6.07, 6.45) is 0.205. The van der Waals surface area contributed by atoms with Crippen LogP contribution in [0.2, 0.25) is 5.02 Å². The van der Waals surface area contributed by atoms with Crippen LogP contribution in [0.25, 0.3) is 0 Å². The Labute approximate surface area is 90.8 Å². The lowest BCUT2D eigenvalue weighted by Gasteiger charge is -2.02. The summed E-state index contributed by atoms with van der Waals surface area (Å²) in [7, 11) is 0. The Morgan fingerprint density at radius 2 is 2.27 bits per heavy atom. The molecule has 0 aliphatic carbocycles. The minimum atomic E-state index is -0.633. The van der Waals surface area contributed by atoms with Crippen molar-refractivity contribution in [2.45, 2.75) is 13.3 Å². The molecular formula is C9H8ClNO4. The van der Waals surface area contributed by atoms with Gasteiger partial charge in [0.05, 0.1) is 11.0 Å². The Morgan fingerprint density at radius 3 is 2.80 bits per heavy atom. The Morgan fingerprint density at radius 1 is 1.60 bits per heavy atom. The molecule has 1 rings (SSSR count). The van der Waals surface area contributed by atoms with Crippen molar-refractivity contribution in [1.29, 1.82) is 0 Å². The van der Waals surface area contributed by atoms with E-state index in [2.05, 4.69) is 0 Å². The van der Waals surface area contributed by atoms with Crippen LogP contribution in [0, 0.1) is 10.1 Å². The second kappa shape index (κ2) is 4.75. The van der Waals surface area contributed by atoms with Gasteiger partial charge in [0.15, 0.2) is 0 Å². The molecule has 0 aliphatic heterocycles. The van der Waals surface area contributed by atoms with E-state index >= 15 is 0 Å². The van der Waals surface area contributed by atoms with Crippen LogP contribution in [0.4, 0.5) is 5.69 Å². The Kier molecular flexibility index (Phi) is 3.62. The predicted octanol–water partition coefficient (Wildman–Crippen LogP) is 2.56. The third-order valence-corrected chi connectivity index (χ3v) is 1.95. The van der Waals surface area contributed by atoms with Crippen molar-refractivity contribution in [2.75, 3.05) is 0 Å². The van der Waals surface area contributed by atoms with Crippen molar-refractivity contribution in [2.24, 2.45) is 0 Å². The normalized spacial score (nSPS) is 9.73. The van der Waals surface area contributed by atoms with Crippen LogP contribution in [0.15, 0.2) is 18.2 Å². The summed E-state index contributed by atoms with van der Waals surface area (Å²) in [6.45, 7) is 1.63. The lowest BCUT2D eigenvalue weighted by Crippen LogP contribution is -2.05. The highest BCUT2D eigenvalue weighted by atomic mass is 35.5. The fourth-order valence-electron chi connectivity index (χ4n) is 0.899. The number of benzene rings is 1. The average Bonchev–Trinajstić information content (AvgIpc) is 2.20. The number of halogens is 1. The lowest BCUT2D eigenvalue weighted by molar-refractivity contribution is -0.384. The zero-order chi connectivity index (χ0) is 11.4. The largest absolute Gasteiger partial charge is 0.426 e. The average molecular weight is 230 g/mol. The molecule has 0 N–H and O–H groups in total. The maximum Gasteiger partial charge on any atom is 0.310 e. The second-order valence-corrected chi connectivity index (χ2v) is 3.11. The molecule has 0 spiro atoms. The number of hydrogen-bond donors (Lipinski definition) is 0. The first kappa shape index (κ1) is 11.5. The molecule has 0 saturated heterocycles. The third-order valence-electron chi connectivity index (χ3n) is 1.63. The molecule has 0 aliphatic rings. The number of rotatable bonds is 3. The molecule has 0 bridgehead atoms. The number of nitro benzene ring substituents is 1. The number of ether oxygens (including phenoxy) is 1. The third kappa shape index (κ3) is 2.92. The van der Waals surface area contributed by atoms with E-state index in [1.54, 1.807) is 6.92 Å². The van der Waals surface area contributed by atoms with E-state index in [1.165, 1.54) is 12.1 Å². The number of carbonyl (C=O) groups excluding carboxylic acids is 1. The van der Waals surface area contributed by atoms with Gasteiger partial charge in [-0.2, -0.15) is 0 Å². The van der Waals surface area contributed by atoms with Gasteiger partial charge in [-0.15, -0.1) is 0 Å². The molecule has 0 atom stereocenters. The summed E-state index contributed by atoms with van der Waals surface area (Å²) in [5, 5.41) is 10.5. The van der Waals surface area contributed by atoms with Crippen molar-refractivity contribution >= 4 is 23.3 Å². The minimum Gasteiger partial charge on any atom is -0.426 e. The summed E-state index contributed by atoms with van der Waals surface area (Å²) >= 11 is 5.58. The van der Waals surface area contributed by atoms with Crippen LogP contribution in [0.1, 0.15) is 13.3 Å². The highest BCUT2D eigenvalue weighted by Gasteiger charge is 2.14. The molecule has 1 aromatic rings. The molecule has 6 heteroatoms. The minimum absolute atomic E-state index is 0.0105. The fraction of sp³-hybridized carbons (Fsp3) is 0.222. The SMILES string of the molecule is CCC(=O)Oc1ccc(Cl)c([N+](=O)[O-])c1. The summed E-state index contributed by atoms with van der Waals surface area (Å²) in [6, 6.07) is 3.84. The number of esters is 1. The summed E-state index contributed by atoms with van der Waals surface area (Å²) in [5.74, 6) is -0.329. The smallest absolute Gasteiger partial charge is 0.310 e. The van der Waals surface area contributed by atoms with Gasteiger partial charge in [-0.05, 0) is 12.1 Å². The first-order valence-electron chi connectivity index (χ1n) is 4.19. The molecule has 80 valence electrons. The highest BCUT2D eigenvalue weighted by molar-refractivity contribution is 6.32. The molecule has 0 unspecified atom stereocenters. The lowest BCUT2D eigenvalue weighted by atomic mass is 10.3. The van der Waals surface area contributed by atoms with Gasteiger partial charge in [0.25, 0.3) is 5.69 Å². The highest BCUT2D eigenvalue weighted by Crippen LogP contribution is 2.28. The fourth-order valence-corrected chi connectivity index (χ4v) is 1.09. The first-order chi connectivity index (χ1) is 7.04. The molecule has 0 aromatic heterocycles. The molecule has 0 amide bonds. The van der Waals surface area contributed by atoms with Crippen LogP contribution >= 0.6 is 11.6 Å². The molecular weight excluding hydrogens is 222 g/mol. The predicted molar refractivity (Wildman–Crippen MR) is 54.0 cm³/mol. The van der Waals surface area contributed by atoms with Crippen molar-refractivity contribution in [3.05, 3.63) is 33.3 Å². The van der Waals surface area contributed by atoms with Crippen LogP contribution in [-0.4, -0.2) is 10.9 Å². The van der Waals surface area contributed by atoms with Gasteiger partial charge in [-0.1, -0.05) is 18.5 Å². The standard InChI is InChI=1S/C9H8ClNO4/c1-2-9(12)15-6-3-4-7(10)8(5-6)11(13)14/h3-5H,2H2,1H3. The zero-order valence-corrected chi connectivity index (χ0v) is 8.65. The van der Waals surface area contributed by atoms with Gasteiger partial charge in [0.1, 0.15) is 10.8 Å². The summed E-state index contributed by atoms with van der Waals surface area (Å²) in [5.41, 5.74) is -0.280. The van der Waals surface area contributed by atoms with E-state index in [4.69, 9.17) is 16.3 Å². The van der Waals surface area contributed by atoms with Crippen LogP contribution in [0.3, 0.4) is 0 Å². The van der Waals surface area contributed by atoms with Crippen LogP contribution < -0.4 is 4.74 Å². The van der Waals surface area contributed by atoms with Crippen molar-refractivity contribution in [1.82, 2.24) is 0 Å². The molecule has 5 nitrogen and oxygen atoms in total. The quantitative estimate of drug-likeness (QED) is 0.346. The van der Waals surface area contributed by atoms with Crippen LogP contribution in [-0.2, 0) is 4.79 Å². The van der Waals surface area contributed by atoms with Gasteiger partial charge >= 0.3 is 5.97 Å².